The normalized spacial score (nSPS) is 23.9. The van der Waals surface area contributed by atoms with Gasteiger partial charge in [0.05, 0.1) is 30.1 Å². The molecule has 2 aliphatic rings. The second-order valence-corrected chi connectivity index (χ2v) is 7.48. The second kappa shape index (κ2) is 5.69. The fourth-order valence-electron chi connectivity index (χ4n) is 3.99. The molecule has 1 atom stereocenters. The first kappa shape index (κ1) is 16.3. The van der Waals surface area contributed by atoms with Gasteiger partial charge in [-0.1, -0.05) is 0 Å². The Hall–Kier alpha value is -2.15. The zero-order chi connectivity index (χ0) is 17.8. The number of ether oxygens (including phenoxy) is 1. The fraction of sp³-hybridized carbons (Fsp3) is 0.611. The average molecular weight is 343 g/mol. The lowest BCUT2D eigenvalue weighted by atomic mass is 9.92. The van der Waals surface area contributed by atoms with Crippen molar-refractivity contribution in [1.82, 2.24) is 24.9 Å². The van der Waals surface area contributed by atoms with E-state index in [1.54, 1.807) is 0 Å². The molecule has 1 saturated heterocycles. The van der Waals surface area contributed by atoms with E-state index in [9.17, 15) is 4.79 Å². The van der Waals surface area contributed by atoms with Crippen molar-refractivity contribution >= 4 is 5.91 Å². The number of aryl methyl sites for hydroxylation is 2. The van der Waals surface area contributed by atoms with Gasteiger partial charge in [0.15, 0.2) is 0 Å². The van der Waals surface area contributed by atoms with Gasteiger partial charge in [0, 0.05) is 24.8 Å². The quantitative estimate of drug-likeness (QED) is 0.926. The molecule has 2 aromatic heterocycles. The van der Waals surface area contributed by atoms with Crippen molar-refractivity contribution in [1.29, 1.82) is 0 Å². The lowest BCUT2D eigenvalue weighted by Gasteiger charge is -2.44. The summed E-state index contributed by atoms with van der Waals surface area (Å²) < 4.78 is 7.52. The zero-order valence-corrected chi connectivity index (χ0v) is 15.3. The van der Waals surface area contributed by atoms with Crippen LogP contribution in [0.5, 0.6) is 0 Å². The van der Waals surface area contributed by atoms with E-state index in [4.69, 9.17) is 4.74 Å². The Morgan fingerprint density at radius 2 is 2.16 bits per heavy atom. The van der Waals surface area contributed by atoms with Crippen LogP contribution in [0.2, 0.25) is 0 Å². The number of nitrogens with zero attached hydrogens (tertiary/aromatic N) is 4. The summed E-state index contributed by atoms with van der Waals surface area (Å²) in [6, 6.07) is 1.85. The molecule has 1 amide bonds. The van der Waals surface area contributed by atoms with E-state index in [2.05, 4.69) is 22.2 Å². The van der Waals surface area contributed by atoms with E-state index in [0.717, 1.165) is 22.6 Å². The zero-order valence-electron chi connectivity index (χ0n) is 15.3. The van der Waals surface area contributed by atoms with Crippen LogP contribution in [0, 0.1) is 19.8 Å². The third kappa shape index (κ3) is 2.57. The predicted molar refractivity (Wildman–Crippen MR) is 93.2 cm³/mol. The number of hydrogen-bond acceptors (Lipinski definition) is 4. The number of amides is 1. The molecule has 7 heteroatoms. The summed E-state index contributed by atoms with van der Waals surface area (Å²) in [7, 11) is 1.92. The number of hydrogen-bond donors (Lipinski definition) is 1. The van der Waals surface area contributed by atoms with E-state index in [1.165, 1.54) is 12.8 Å². The van der Waals surface area contributed by atoms with Gasteiger partial charge >= 0.3 is 0 Å². The first-order chi connectivity index (χ1) is 11.9. The SMILES string of the molecule is Cc1nn(C)c(C)c1-c1cc(C(=O)N2CCOCC2(C)C2CC2)[nH]n1. The van der Waals surface area contributed by atoms with Gasteiger partial charge in [0.25, 0.3) is 5.91 Å². The van der Waals surface area contributed by atoms with Crippen molar-refractivity contribution in [3.8, 4) is 11.3 Å². The maximum Gasteiger partial charge on any atom is 0.272 e. The molecule has 1 aliphatic carbocycles. The Balaban J connectivity index is 1.64. The highest BCUT2D eigenvalue weighted by atomic mass is 16.5. The lowest BCUT2D eigenvalue weighted by molar-refractivity contribution is -0.0549. The molecule has 3 heterocycles. The Morgan fingerprint density at radius 1 is 1.40 bits per heavy atom. The van der Waals surface area contributed by atoms with Crippen molar-refractivity contribution in [2.24, 2.45) is 13.0 Å². The minimum absolute atomic E-state index is 0.00986. The molecule has 0 spiro atoms. The van der Waals surface area contributed by atoms with E-state index in [0.29, 0.717) is 31.4 Å². The Kier molecular flexibility index (Phi) is 3.72. The van der Waals surface area contributed by atoms with E-state index < -0.39 is 0 Å². The molecule has 1 unspecified atom stereocenters. The van der Waals surface area contributed by atoms with Gasteiger partial charge in [0.1, 0.15) is 5.69 Å². The number of carbonyl (C=O) groups is 1. The van der Waals surface area contributed by atoms with Crippen LogP contribution < -0.4 is 0 Å². The molecule has 7 nitrogen and oxygen atoms in total. The first-order valence-corrected chi connectivity index (χ1v) is 8.87. The summed E-state index contributed by atoms with van der Waals surface area (Å²) in [5.74, 6) is 0.553. The molecular formula is C18H25N5O2. The van der Waals surface area contributed by atoms with Crippen LogP contribution in [0.3, 0.4) is 0 Å². The molecular weight excluding hydrogens is 318 g/mol. The number of carbonyl (C=O) groups excluding carboxylic acids is 1. The second-order valence-electron chi connectivity index (χ2n) is 7.48. The van der Waals surface area contributed by atoms with Crippen LogP contribution in [0.25, 0.3) is 11.3 Å². The van der Waals surface area contributed by atoms with Crippen LogP contribution >= 0.6 is 0 Å². The Morgan fingerprint density at radius 3 is 2.80 bits per heavy atom. The Labute approximate surface area is 147 Å². The standard InChI is InChI=1S/C18H25N5O2/c1-11-16(12(2)22(4)21-11)14-9-15(20-19-14)17(24)23-7-8-25-10-18(23,3)13-5-6-13/h9,13H,5-8,10H2,1-4H3,(H,19,20). The van der Waals surface area contributed by atoms with Crippen molar-refractivity contribution in [3.63, 3.8) is 0 Å². The van der Waals surface area contributed by atoms with Gasteiger partial charge in [-0.2, -0.15) is 10.2 Å². The molecule has 1 aliphatic heterocycles. The van der Waals surface area contributed by atoms with Crippen LogP contribution in [-0.4, -0.2) is 56.1 Å². The molecule has 0 aromatic carbocycles. The van der Waals surface area contributed by atoms with Gasteiger partial charge in [-0.05, 0) is 45.6 Å². The highest BCUT2D eigenvalue weighted by molar-refractivity contribution is 5.94. The third-order valence-corrected chi connectivity index (χ3v) is 5.75. The van der Waals surface area contributed by atoms with Gasteiger partial charge in [-0.3, -0.25) is 14.6 Å². The highest BCUT2D eigenvalue weighted by Crippen LogP contribution is 2.44. The van der Waals surface area contributed by atoms with Crippen LogP contribution in [-0.2, 0) is 11.8 Å². The highest BCUT2D eigenvalue weighted by Gasteiger charge is 2.49. The van der Waals surface area contributed by atoms with Gasteiger partial charge in [0.2, 0.25) is 0 Å². The number of nitrogens with one attached hydrogen (secondary N) is 1. The molecule has 1 N–H and O–H groups in total. The molecule has 1 saturated carbocycles. The molecule has 25 heavy (non-hydrogen) atoms. The fourth-order valence-corrected chi connectivity index (χ4v) is 3.99. The molecule has 0 bridgehead atoms. The van der Waals surface area contributed by atoms with Crippen molar-refractivity contribution in [3.05, 3.63) is 23.1 Å². The number of H-pyrrole nitrogens is 1. The average Bonchev–Trinajstić information content (AvgIpc) is 3.29. The van der Waals surface area contributed by atoms with Crippen LogP contribution in [0.15, 0.2) is 6.07 Å². The molecule has 0 radical (unpaired) electrons. The number of aromatic amines is 1. The number of aromatic nitrogens is 4. The smallest absolute Gasteiger partial charge is 0.272 e. The molecule has 2 aromatic rings. The molecule has 134 valence electrons. The largest absolute Gasteiger partial charge is 0.377 e. The minimum atomic E-state index is -0.208. The van der Waals surface area contributed by atoms with E-state index in [-0.39, 0.29) is 11.4 Å². The van der Waals surface area contributed by atoms with Gasteiger partial charge < -0.3 is 9.64 Å². The first-order valence-electron chi connectivity index (χ1n) is 8.87. The molecule has 2 fully saturated rings. The summed E-state index contributed by atoms with van der Waals surface area (Å²) in [5.41, 5.74) is 4.04. The number of rotatable bonds is 3. The van der Waals surface area contributed by atoms with Gasteiger partial charge in [-0.15, -0.1) is 0 Å². The third-order valence-electron chi connectivity index (χ3n) is 5.75. The van der Waals surface area contributed by atoms with Crippen LogP contribution in [0.1, 0.15) is 41.6 Å². The monoisotopic (exact) mass is 343 g/mol. The predicted octanol–water partition coefficient (Wildman–Crippen LogP) is 2.07. The summed E-state index contributed by atoms with van der Waals surface area (Å²) in [6.07, 6.45) is 2.35. The lowest BCUT2D eigenvalue weighted by Crippen LogP contribution is -2.58. The summed E-state index contributed by atoms with van der Waals surface area (Å²) >= 11 is 0. The van der Waals surface area contributed by atoms with Crippen LogP contribution in [0.4, 0.5) is 0 Å². The maximum absolute atomic E-state index is 13.1. The topological polar surface area (TPSA) is 76.0 Å². The van der Waals surface area contributed by atoms with Crippen molar-refractivity contribution in [2.75, 3.05) is 19.8 Å². The van der Waals surface area contributed by atoms with Crippen molar-refractivity contribution < 1.29 is 9.53 Å². The number of morpholine rings is 1. The van der Waals surface area contributed by atoms with Crippen molar-refractivity contribution in [2.45, 2.75) is 39.2 Å². The maximum atomic E-state index is 13.1. The van der Waals surface area contributed by atoms with E-state index >= 15 is 0 Å². The van der Waals surface area contributed by atoms with Gasteiger partial charge in [-0.25, -0.2) is 0 Å². The minimum Gasteiger partial charge on any atom is -0.377 e. The van der Waals surface area contributed by atoms with E-state index in [1.807, 2.05) is 36.5 Å². The summed E-state index contributed by atoms with van der Waals surface area (Å²) in [5, 5.41) is 11.8. The summed E-state index contributed by atoms with van der Waals surface area (Å²) in [6.45, 7) is 7.96. The molecule has 4 rings (SSSR count). The Bertz CT molecular complexity index is 820. The summed E-state index contributed by atoms with van der Waals surface area (Å²) in [4.78, 5) is 15.1.